The van der Waals surface area contributed by atoms with Crippen molar-refractivity contribution in [3.05, 3.63) is 122 Å². The van der Waals surface area contributed by atoms with Crippen molar-refractivity contribution in [2.75, 3.05) is 41.0 Å². The van der Waals surface area contributed by atoms with E-state index >= 15 is 0 Å². The first-order valence-corrected chi connectivity index (χ1v) is 20.6. The van der Waals surface area contributed by atoms with Gasteiger partial charge in [-0.3, -0.25) is 9.59 Å². The monoisotopic (exact) mass is 777 g/mol. The fourth-order valence-corrected chi connectivity index (χ4v) is 5.07. The number of carboxylic acids is 1. The van der Waals surface area contributed by atoms with E-state index in [2.05, 4.69) is 86.8 Å². The van der Waals surface area contributed by atoms with Gasteiger partial charge in [0.05, 0.1) is 34.4 Å². The van der Waals surface area contributed by atoms with Crippen LogP contribution in [0.5, 0.6) is 0 Å². The fraction of sp³-hybridized carbons (Fsp3) is 0.521. The van der Waals surface area contributed by atoms with Gasteiger partial charge in [-0.2, -0.15) is 0 Å². The molecule has 0 rings (SSSR count). The Bertz CT molecular complexity index is 1320. The second kappa shape index (κ2) is 37.6. The number of quaternary nitrogens is 1. The van der Waals surface area contributed by atoms with Crippen LogP contribution < -0.4 is 0 Å². The Morgan fingerprint density at radius 3 is 1.61 bits per heavy atom. The summed E-state index contributed by atoms with van der Waals surface area (Å²) in [5.41, 5.74) is 0. The predicted molar refractivity (Wildman–Crippen MR) is 233 cm³/mol. The first kappa shape index (κ1) is 51.7. The molecule has 0 aromatic carbocycles. The Morgan fingerprint density at radius 1 is 0.554 bits per heavy atom. The third-order valence-electron chi connectivity index (χ3n) is 8.21. The van der Waals surface area contributed by atoms with Crippen molar-refractivity contribution in [1.29, 1.82) is 0 Å². The van der Waals surface area contributed by atoms with Crippen LogP contribution in [-0.4, -0.2) is 80.6 Å². The summed E-state index contributed by atoms with van der Waals surface area (Å²) < 4.78 is 17.1. The van der Waals surface area contributed by atoms with Crippen molar-refractivity contribution in [2.24, 2.45) is 0 Å². The molecule has 0 radical (unpaired) electrons. The predicted octanol–water partition coefficient (Wildman–Crippen LogP) is 11.1. The molecule has 0 fully saturated rings. The molecular formula is C48H74NO7+. The molecule has 0 spiro atoms. The number of carbonyl (C=O) groups excluding carboxylic acids is 2. The molecule has 0 amide bonds. The minimum atomic E-state index is -0.899. The van der Waals surface area contributed by atoms with E-state index in [0.29, 0.717) is 19.3 Å². The Hall–Kier alpha value is -4.27. The number of unbranched alkanes of at least 4 members (excludes halogenated alkanes) is 3. The van der Waals surface area contributed by atoms with E-state index in [1.807, 2.05) is 69.8 Å². The van der Waals surface area contributed by atoms with E-state index in [-0.39, 0.29) is 43.1 Å². The number of allylic oxidation sites excluding steroid dienone is 20. The highest BCUT2D eigenvalue weighted by atomic mass is 16.6. The van der Waals surface area contributed by atoms with Gasteiger partial charge in [0.2, 0.25) is 0 Å². The number of rotatable bonds is 34. The summed E-state index contributed by atoms with van der Waals surface area (Å²) in [6.45, 7) is 4.31. The molecule has 8 heteroatoms. The molecule has 0 saturated heterocycles. The highest BCUT2D eigenvalue weighted by Crippen LogP contribution is 2.10. The summed E-state index contributed by atoms with van der Waals surface area (Å²) in [4.78, 5) is 36.9. The number of ether oxygens (including phenoxy) is 3. The lowest BCUT2D eigenvalue weighted by Crippen LogP contribution is -2.50. The lowest BCUT2D eigenvalue weighted by molar-refractivity contribution is -0.887. The van der Waals surface area contributed by atoms with Crippen molar-refractivity contribution >= 4 is 17.9 Å². The van der Waals surface area contributed by atoms with E-state index in [4.69, 9.17) is 14.2 Å². The van der Waals surface area contributed by atoms with Gasteiger partial charge in [-0.1, -0.05) is 142 Å². The number of likely N-dealkylation sites (N-methyl/N-ethyl adjacent to an activating group) is 1. The molecule has 0 aliphatic rings. The highest BCUT2D eigenvalue weighted by Gasteiger charge is 2.31. The molecule has 1 N–H and O–H groups in total. The largest absolute Gasteiger partial charge is 0.477 e. The van der Waals surface area contributed by atoms with Crippen LogP contribution in [0.2, 0.25) is 0 Å². The molecule has 0 aliphatic carbocycles. The van der Waals surface area contributed by atoms with E-state index in [1.165, 1.54) is 0 Å². The van der Waals surface area contributed by atoms with Gasteiger partial charge < -0.3 is 23.8 Å². The minimum absolute atomic E-state index is 0.00836. The highest BCUT2D eigenvalue weighted by molar-refractivity contribution is 5.72. The number of carbonyl (C=O) groups is 3. The molecule has 2 unspecified atom stereocenters. The second-order valence-electron chi connectivity index (χ2n) is 14.2. The van der Waals surface area contributed by atoms with Crippen LogP contribution >= 0.6 is 0 Å². The van der Waals surface area contributed by atoms with E-state index in [1.54, 1.807) is 0 Å². The quantitative estimate of drug-likeness (QED) is 0.0228. The molecule has 0 bridgehead atoms. The van der Waals surface area contributed by atoms with Crippen LogP contribution in [0.1, 0.15) is 110 Å². The van der Waals surface area contributed by atoms with E-state index < -0.39 is 24.1 Å². The van der Waals surface area contributed by atoms with Crippen LogP contribution in [-0.2, 0) is 28.6 Å². The zero-order valence-electron chi connectivity index (χ0n) is 35.3. The summed E-state index contributed by atoms with van der Waals surface area (Å²) in [6.07, 6.45) is 52.6. The van der Waals surface area contributed by atoms with Crippen molar-refractivity contribution in [1.82, 2.24) is 0 Å². The van der Waals surface area contributed by atoms with Gasteiger partial charge in [-0.05, 0) is 70.6 Å². The average molecular weight is 777 g/mol. The molecular weight excluding hydrogens is 703 g/mol. The minimum Gasteiger partial charge on any atom is -0.477 e. The van der Waals surface area contributed by atoms with Gasteiger partial charge in [-0.15, -0.1) is 0 Å². The third kappa shape index (κ3) is 35.4. The molecule has 0 aliphatic heterocycles. The maximum Gasteiger partial charge on any atom is 0.362 e. The van der Waals surface area contributed by atoms with Gasteiger partial charge in [-0.25, -0.2) is 4.79 Å². The summed E-state index contributed by atoms with van der Waals surface area (Å²) in [7, 11) is 5.46. The zero-order valence-corrected chi connectivity index (χ0v) is 35.3. The van der Waals surface area contributed by atoms with E-state index in [0.717, 1.165) is 64.2 Å². The summed E-state index contributed by atoms with van der Waals surface area (Å²) in [5, 5.41) is 9.60. The van der Waals surface area contributed by atoms with Crippen molar-refractivity contribution < 1.29 is 38.2 Å². The van der Waals surface area contributed by atoms with Gasteiger partial charge in [0.15, 0.2) is 12.1 Å². The smallest absolute Gasteiger partial charge is 0.362 e. The van der Waals surface area contributed by atoms with Crippen molar-refractivity contribution in [3.8, 4) is 0 Å². The lowest BCUT2D eigenvalue weighted by atomic mass is 10.1. The van der Waals surface area contributed by atoms with Gasteiger partial charge in [0, 0.05) is 19.3 Å². The lowest BCUT2D eigenvalue weighted by Gasteiger charge is -2.31. The molecule has 2 atom stereocenters. The normalized spacial score (nSPS) is 14.2. The van der Waals surface area contributed by atoms with Crippen LogP contribution in [0.3, 0.4) is 0 Å². The Balaban J connectivity index is 4.60. The van der Waals surface area contributed by atoms with Gasteiger partial charge in [0.25, 0.3) is 0 Å². The molecule has 0 saturated carbocycles. The number of esters is 2. The first-order valence-electron chi connectivity index (χ1n) is 20.6. The Morgan fingerprint density at radius 2 is 1.07 bits per heavy atom. The average Bonchev–Trinajstić information content (AvgIpc) is 3.15. The number of nitrogens with zero attached hydrogens (tertiary/aromatic N) is 1. The van der Waals surface area contributed by atoms with Crippen LogP contribution in [0, 0.1) is 0 Å². The number of aliphatic carboxylic acids is 1. The molecule has 0 heterocycles. The van der Waals surface area contributed by atoms with Crippen molar-refractivity contribution in [3.63, 3.8) is 0 Å². The topological polar surface area (TPSA) is 99.1 Å². The molecule has 8 nitrogen and oxygen atoms in total. The second-order valence-corrected chi connectivity index (χ2v) is 14.2. The summed E-state index contributed by atoms with van der Waals surface area (Å²) >= 11 is 0. The van der Waals surface area contributed by atoms with E-state index in [9.17, 15) is 19.5 Å². The molecule has 56 heavy (non-hydrogen) atoms. The Kier molecular flexibility index (Phi) is 34.8. The summed E-state index contributed by atoms with van der Waals surface area (Å²) in [5.74, 6) is -1.65. The third-order valence-corrected chi connectivity index (χ3v) is 8.21. The van der Waals surface area contributed by atoms with Gasteiger partial charge >= 0.3 is 17.9 Å². The van der Waals surface area contributed by atoms with Crippen LogP contribution in [0.25, 0.3) is 0 Å². The molecule has 312 valence electrons. The van der Waals surface area contributed by atoms with Gasteiger partial charge in [0.1, 0.15) is 6.61 Å². The van der Waals surface area contributed by atoms with Crippen molar-refractivity contribution in [2.45, 2.75) is 122 Å². The Labute approximate surface area is 340 Å². The van der Waals surface area contributed by atoms with Crippen LogP contribution in [0.15, 0.2) is 122 Å². The van der Waals surface area contributed by atoms with Crippen LogP contribution in [0.4, 0.5) is 0 Å². The SMILES string of the molecule is CC/C=C/C=C/C=C/C=C/CCCCCC(=O)OCC(COCCC(C(=O)O)[N+](C)(C)C)OC(=O)CC/C=C/C/C=C/C/C=C/C/C=C/C/C=C/C/C=C/CC. The zero-order chi connectivity index (χ0) is 41.4. The number of carboxylic acid groups (broad SMARTS) is 1. The fourth-order valence-electron chi connectivity index (χ4n) is 5.07. The molecule has 0 aromatic heterocycles. The number of hydrogen-bond donors (Lipinski definition) is 1. The molecule has 0 aromatic rings. The maximum atomic E-state index is 12.7. The number of hydrogen-bond acceptors (Lipinski definition) is 6. The maximum absolute atomic E-state index is 12.7. The first-order chi connectivity index (χ1) is 27.1. The standard InChI is InChI=1S/C48H73NO7/c1-6-8-10-12-14-16-18-20-21-22-23-24-25-27-29-31-33-35-37-39-47(51)56-44(42-54-41-40-45(48(52)53)49(3,4)5)43-55-46(50)38-36-34-32-30-28-26-19-17-15-13-11-9-7-2/h8-11,13-17,19-21,23-24,26-29,33,35,44-45H,6-7,12,18,22,25,30-32,34,36-43H2,1-5H3/p+1/b10-8+,11-9+,15-13+,16-14+,19-17+,21-20+,24-23+,28-26+,29-27+,35-33+. The summed E-state index contributed by atoms with van der Waals surface area (Å²) in [6, 6.07) is -0.641.